The average molecular weight is 427 g/mol. The van der Waals surface area contributed by atoms with Crippen molar-refractivity contribution in [2.24, 2.45) is 0 Å². The summed E-state index contributed by atoms with van der Waals surface area (Å²) in [5, 5.41) is 3.20. The summed E-state index contributed by atoms with van der Waals surface area (Å²) >= 11 is 5.96. The molecule has 0 spiro atoms. The number of anilines is 2. The molecular formula is C19H23ClN2O5S. The van der Waals surface area contributed by atoms with E-state index >= 15 is 0 Å². The minimum absolute atomic E-state index is 0.122. The molecule has 0 aliphatic heterocycles. The molecule has 0 unspecified atom stereocenters. The number of hydrogen-bond donors (Lipinski definition) is 1. The van der Waals surface area contributed by atoms with Crippen molar-refractivity contribution in [1.82, 2.24) is 0 Å². The van der Waals surface area contributed by atoms with Gasteiger partial charge >= 0.3 is 0 Å². The summed E-state index contributed by atoms with van der Waals surface area (Å²) in [5.41, 5.74) is 0.897. The third-order valence-corrected chi connectivity index (χ3v) is 5.37. The van der Waals surface area contributed by atoms with Crippen LogP contribution in [-0.2, 0) is 14.8 Å². The lowest BCUT2D eigenvalue weighted by molar-refractivity contribution is -0.116. The zero-order valence-corrected chi connectivity index (χ0v) is 17.5. The number of carbonyl (C=O) groups is 1. The van der Waals surface area contributed by atoms with Crippen molar-refractivity contribution < 1.29 is 22.7 Å². The number of benzene rings is 2. The molecule has 0 saturated carbocycles. The predicted molar refractivity (Wildman–Crippen MR) is 111 cm³/mol. The van der Waals surface area contributed by atoms with Gasteiger partial charge in [0, 0.05) is 18.0 Å². The SMILES string of the molecule is COc1ccc(Cl)cc1NC(=O)CCCN(c1ccccc1OC)S(C)(=O)=O. The molecule has 1 N–H and O–H groups in total. The van der Waals surface area contributed by atoms with Gasteiger partial charge in [-0.2, -0.15) is 0 Å². The molecule has 2 aromatic rings. The number of halogens is 1. The molecule has 0 radical (unpaired) electrons. The third kappa shape index (κ3) is 5.77. The second kappa shape index (κ2) is 9.66. The van der Waals surface area contributed by atoms with E-state index in [4.69, 9.17) is 21.1 Å². The maximum absolute atomic E-state index is 12.3. The van der Waals surface area contributed by atoms with E-state index in [9.17, 15) is 13.2 Å². The van der Waals surface area contributed by atoms with Crippen molar-refractivity contribution in [2.75, 3.05) is 36.6 Å². The van der Waals surface area contributed by atoms with Crippen molar-refractivity contribution in [3.05, 3.63) is 47.5 Å². The Hall–Kier alpha value is -2.45. The predicted octanol–water partition coefficient (Wildman–Crippen LogP) is 3.54. The molecule has 0 aliphatic rings. The largest absolute Gasteiger partial charge is 0.495 e. The normalized spacial score (nSPS) is 11.0. The van der Waals surface area contributed by atoms with Gasteiger partial charge in [0.25, 0.3) is 0 Å². The van der Waals surface area contributed by atoms with E-state index in [0.717, 1.165) is 6.26 Å². The number of hydrogen-bond acceptors (Lipinski definition) is 5. The quantitative estimate of drug-likeness (QED) is 0.662. The highest BCUT2D eigenvalue weighted by Gasteiger charge is 2.21. The van der Waals surface area contributed by atoms with Gasteiger partial charge in [0.15, 0.2) is 0 Å². The molecule has 9 heteroatoms. The number of sulfonamides is 1. The number of para-hydroxylation sites is 2. The molecule has 0 atom stereocenters. The van der Waals surface area contributed by atoms with Crippen LogP contribution < -0.4 is 19.1 Å². The zero-order chi connectivity index (χ0) is 20.7. The van der Waals surface area contributed by atoms with E-state index in [1.807, 2.05) is 0 Å². The average Bonchev–Trinajstić information content (AvgIpc) is 2.64. The second-order valence-corrected chi connectivity index (χ2v) is 8.35. The van der Waals surface area contributed by atoms with Crippen LogP contribution in [0.15, 0.2) is 42.5 Å². The third-order valence-electron chi connectivity index (χ3n) is 3.95. The van der Waals surface area contributed by atoms with Crippen LogP contribution in [0.25, 0.3) is 0 Å². The first-order valence-electron chi connectivity index (χ1n) is 8.50. The lowest BCUT2D eigenvalue weighted by atomic mass is 10.2. The van der Waals surface area contributed by atoms with Crippen LogP contribution in [0.3, 0.4) is 0 Å². The molecule has 2 rings (SSSR count). The minimum atomic E-state index is -3.54. The van der Waals surface area contributed by atoms with Crippen LogP contribution in [0.1, 0.15) is 12.8 Å². The number of methoxy groups -OCH3 is 2. The van der Waals surface area contributed by atoms with Crippen LogP contribution in [0.2, 0.25) is 5.02 Å². The van der Waals surface area contributed by atoms with E-state index in [1.54, 1.807) is 42.5 Å². The number of nitrogens with one attached hydrogen (secondary N) is 1. The van der Waals surface area contributed by atoms with Crippen LogP contribution >= 0.6 is 11.6 Å². The van der Waals surface area contributed by atoms with Crippen molar-refractivity contribution in [1.29, 1.82) is 0 Å². The van der Waals surface area contributed by atoms with Gasteiger partial charge < -0.3 is 14.8 Å². The monoisotopic (exact) mass is 426 g/mol. The van der Waals surface area contributed by atoms with Crippen LogP contribution in [0.5, 0.6) is 11.5 Å². The van der Waals surface area contributed by atoms with Gasteiger partial charge in [0.2, 0.25) is 15.9 Å². The second-order valence-electron chi connectivity index (χ2n) is 6.00. The maximum atomic E-state index is 12.3. The maximum Gasteiger partial charge on any atom is 0.232 e. The molecule has 7 nitrogen and oxygen atoms in total. The number of amides is 1. The molecule has 0 saturated heterocycles. The van der Waals surface area contributed by atoms with E-state index in [-0.39, 0.29) is 18.9 Å². The topological polar surface area (TPSA) is 84.9 Å². The fourth-order valence-corrected chi connectivity index (χ4v) is 3.82. The zero-order valence-electron chi connectivity index (χ0n) is 15.9. The Morgan fingerprint density at radius 3 is 2.43 bits per heavy atom. The summed E-state index contributed by atoms with van der Waals surface area (Å²) in [6, 6.07) is 11.7. The lowest BCUT2D eigenvalue weighted by Gasteiger charge is -2.24. The van der Waals surface area contributed by atoms with E-state index in [2.05, 4.69) is 5.32 Å². The van der Waals surface area contributed by atoms with Crippen molar-refractivity contribution in [3.63, 3.8) is 0 Å². The Balaban J connectivity index is 2.05. The molecule has 0 aliphatic carbocycles. The van der Waals surface area contributed by atoms with Gasteiger partial charge in [0.05, 0.1) is 31.9 Å². The Morgan fingerprint density at radius 2 is 1.79 bits per heavy atom. The van der Waals surface area contributed by atoms with Crippen molar-refractivity contribution >= 4 is 38.9 Å². The van der Waals surface area contributed by atoms with Gasteiger partial charge in [-0.15, -0.1) is 0 Å². The Bertz CT molecular complexity index is 934. The van der Waals surface area contributed by atoms with E-state index in [1.165, 1.54) is 18.5 Å². The first-order valence-corrected chi connectivity index (χ1v) is 10.7. The van der Waals surface area contributed by atoms with Gasteiger partial charge in [-0.1, -0.05) is 23.7 Å². The summed E-state index contributed by atoms with van der Waals surface area (Å²) in [6.45, 7) is 0.138. The van der Waals surface area contributed by atoms with Crippen molar-refractivity contribution in [2.45, 2.75) is 12.8 Å². The highest BCUT2D eigenvalue weighted by Crippen LogP contribution is 2.30. The molecule has 0 bridgehead atoms. The highest BCUT2D eigenvalue weighted by molar-refractivity contribution is 7.92. The lowest BCUT2D eigenvalue weighted by Crippen LogP contribution is -2.31. The van der Waals surface area contributed by atoms with E-state index < -0.39 is 10.0 Å². The van der Waals surface area contributed by atoms with E-state index in [0.29, 0.717) is 34.3 Å². The van der Waals surface area contributed by atoms with Crippen LogP contribution in [-0.4, -0.2) is 41.3 Å². The first kappa shape index (κ1) is 21.8. The molecule has 2 aromatic carbocycles. The first-order chi connectivity index (χ1) is 13.3. The summed E-state index contributed by atoms with van der Waals surface area (Å²) in [7, 11) is -0.566. The molecule has 0 aromatic heterocycles. The molecule has 1 amide bonds. The summed E-state index contributed by atoms with van der Waals surface area (Å²) in [4.78, 5) is 12.3. The minimum Gasteiger partial charge on any atom is -0.495 e. The van der Waals surface area contributed by atoms with Gasteiger partial charge in [-0.25, -0.2) is 8.42 Å². The Kier molecular flexibility index (Phi) is 7.53. The number of carbonyl (C=O) groups excluding carboxylic acids is 1. The summed E-state index contributed by atoms with van der Waals surface area (Å²) in [6.07, 6.45) is 1.56. The molecule has 152 valence electrons. The van der Waals surface area contributed by atoms with Crippen LogP contribution in [0, 0.1) is 0 Å². The van der Waals surface area contributed by atoms with Crippen LogP contribution in [0.4, 0.5) is 11.4 Å². The Labute approximate surface area is 170 Å². The smallest absolute Gasteiger partial charge is 0.232 e. The van der Waals surface area contributed by atoms with Gasteiger partial charge in [-0.05, 0) is 36.8 Å². The standard InChI is InChI=1S/C19H23ClN2O5S/c1-26-17-11-10-14(20)13-15(17)21-19(23)9-6-12-22(28(3,24)25)16-7-4-5-8-18(16)27-2/h4-5,7-8,10-11,13H,6,9,12H2,1-3H3,(H,21,23). The number of rotatable bonds is 9. The molecular weight excluding hydrogens is 404 g/mol. The highest BCUT2D eigenvalue weighted by atomic mass is 35.5. The molecule has 0 fully saturated rings. The summed E-state index contributed by atoms with van der Waals surface area (Å²) in [5.74, 6) is 0.666. The fourth-order valence-electron chi connectivity index (χ4n) is 2.67. The van der Waals surface area contributed by atoms with Gasteiger partial charge in [0.1, 0.15) is 11.5 Å². The van der Waals surface area contributed by atoms with Gasteiger partial charge in [-0.3, -0.25) is 9.10 Å². The number of ether oxygens (including phenoxy) is 2. The summed E-state index contributed by atoms with van der Waals surface area (Å²) < 4.78 is 36.1. The van der Waals surface area contributed by atoms with Crippen molar-refractivity contribution in [3.8, 4) is 11.5 Å². The fraction of sp³-hybridized carbons (Fsp3) is 0.316. The number of nitrogens with zero attached hydrogens (tertiary/aromatic N) is 1. The molecule has 0 heterocycles. The molecule has 28 heavy (non-hydrogen) atoms. The Morgan fingerprint density at radius 1 is 1.11 bits per heavy atom.